The van der Waals surface area contributed by atoms with Crippen molar-refractivity contribution in [1.82, 2.24) is 0 Å². The van der Waals surface area contributed by atoms with E-state index in [4.69, 9.17) is 0 Å². The minimum absolute atomic E-state index is 0. The molecule has 0 aliphatic heterocycles. The van der Waals surface area contributed by atoms with Crippen molar-refractivity contribution in [1.29, 1.82) is 0 Å². The molecule has 0 N–H and O–H groups in total. The average molecular weight is 442 g/mol. The Hall–Kier alpha value is 1.68. The van der Waals surface area contributed by atoms with Crippen LogP contribution in [-0.4, -0.2) is 47.3 Å². The first-order valence-electron chi connectivity index (χ1n) is 4.12. The molecule has 0 amide bonds. The molecule has 0 bridgehead atoms. The molecule has 0 nitrogen and oxygen atoms in total. The van der Waals surface area contributed by atoms with Gasteiger partial charge in [0.25, 0.3) is 0 Å². The SMILES string of the molecule is CCC[CH2][Sn][CH2]CCC.[Bi]. The summed E-state index contributed by atoms with van der Waals surface area (Å²) in [5.74, 6) is 0. The molecule has 0 aromatic rings. The number of hydrogen-bond acceptors (Lipinski definition) is 0. The molecule has 0 saturated carbocycles. The molecule has 2 heteroatoms. The van der Waals surface area contributed by atoms with Gasteiger partial charge in [-0.25, -0.2) is 0 Å². The maximum absolute atomic E-state index is 2.29. The van der Waals surface area contributed by atoms with Crippen LogP contribution in [0.15, 0.2) is 0 Å². The Balaban J connectivity index is 0. The molecule has 0 rings (SSSR count). The van der Waals surface area contributed by atoms with E-state index in [-0.39, 0.29) is 47.3 Å². The Morgan fingerprint density at radius 2 is 1.30 bits per heavy atom. The van der Waals surface area contributed by atoms with Crippen LogP contribution < -0.4 is 0 Å². The molecule has 0 aliphatic rings. The summed E-state index contributed by atoms with van der Waals surface area (Å²) >= 11 is 0.149. The van der Waals surface area contributed by atoms with Crippen LogP contribution in [0.3, 0.4) is 0 Å². The van der Waals surface area contributed by atoms with Crippen molar-refractivity contribution in [3.05, 3.63) is 0 Å². The Bertz CT molecular complexity index is 42.5. The van der Waals surface area contributed by atoms with Crippen LogP contribution in [0, 0.1) is 0 Å². The molecule has 0 spiro atoms. The van der Waals surface area contributed by atoms with Crippen LogP contribution in [0.2, 0.25) is 8.87 Å². The van der Waals surface area contributed by atoms with Gasteiger partial charge in [-0.15, -0.1) is 0 Å². The third-order valence-electron chi connectivity index (χ3n) is 1.41. The van der Waals surface area contributed by atoms with E-state index in [9.17, 15) is 0 Å². The van der Waals surface area contributed by atoms with Crippen molar-refractivity contribution >= 4 is 47.3 Å². The normalized spacial score (nSPS) is 9.00. The van der Waals surface area contributed by atoms with E-state index in [0.29, 0.717) is 0 Å². The molecule has 0 unspecified atom stereocenters. The van der Waals surface area contributed by atoms with Gasteiger partial charge in [0.2, 0.25) is 0 Å². The van der Waals surface area contributed by atoms with E-state index < -0.39 is 0 Å². The summed E-state index contributed by atoms with van der Waals surface area (Å²) in [4.78, 5) is 0. The Labute approximate surface area is 94.9 Å². The van der Waals surface area contributed by atoms with Gasteiger partial charge in [-0.3, -0.25) is 0 Å². The Kier molecular flexibility index (Phi) is 18.9. The van der Waals surface area contributed by atoms with Gasteiger partial charge in [0.15, 0.2) is 0 Å². The molecule has 0 aromatic heterocycles. The first-order valence-corrected chi connectivity index (χ1v) is 8.16. The van der Waals surface area contributed by atoms with Gasteiger partial charge in [-0.2, -0.15) is 0 Å². The standard InChI is InChI=1S/2C4H9.Bi.Sn/c2*1-3-4-2;;/h2*1,3-4H2,2H3;;. The van der Waals surface area contributed by atoms with E-state index in [2.05, 4.69) is 13.8 Å². The van der Waals surface area contributed by atoms with E-state index in [1.165, 1.54) is 25.7 Å². The maximum Gasteiger partial charge on any atom is 0 e. The Morgan fingerprint density at radius 1 is 0.900 bits per heavy atom. The van der Waals surface area contributed by atoms with Crippen LogP contribution in [-0.2, 0) is 0 Å². The molecule has 0 fully saturated rings. The molecule has 59 valence electrons. The Morgan fingerprint density at radius 3 is 1.60 bits per heavy atom. The second kappa shape index (κ2) is 13.3. The molecule has 0 aromatic carbocycles. The summed E-state index contributed by atoms with van der Waals surface area (Å²) in [5.41, 5.74) is 0. The minimum Gasteiger partial charge on any atom is 0 e. The van der Waals surface area contributed by atoms with Crippen LogP contribution in [0.5, 0.6) is 0 Å². The van der Waals surface area contributed by atoms with E-state index in [1.54, 1.807) is 8.87 Å². The summed E-state index contributed by atoms with van der Waals surface area (Å²) in [5, 5.41) is 0. The summed E-state index contributed by atoms with van der Waals surface area (Å²) in [7, 11) is 0. The van der Waals surface area contributed by atoms with Crippen molar-refractivity contribution in [3.8, 4) is 0 Å². The number of unbranched alkanes of at least 4 members (excludes halogenated alkanes) is 2. The van der Waals surface area contributed by atoms with E-state index >= 15 is 0 Å². The first-order chi connectivity index (χ1) is 4.41. The van der Waals surface area contributed by atoms with Gasteiger partial charge in [0, 0.05) is 26.2 Å². The number of rotatable bonds is 6. The van der Waals surface area contributed by atoms with Crippen molar-refractivity contribution in [2.75, 3.05) is 0 Å². The largest absolute Gasteiger partial charge is 0 e. The van der Waals surface area contributed by atoms with Crippen molar-refractivity contribution in [2.45, 2.75) is 48.4 Å². The van der Waals surface area contributed by atoms with Crippen LogP contribution in [0.25, 0.3) is 0 Å². The second-order valence-electron chi connectivity index (χ2n) is 2.46. The molecule has 5 radical (unpaired) electrons. The fraction of sp³-hybridized carbons (Fsp3) is 1.00. The third kappa shape index (κ3) is 12.4. The van der Waals surface area contributed by atoms with Crippen molar-refractivity contribution in [2.24, 2.45) is 0 Å². The fourth-order valence-corrected chi connectivity index (χ4v) is 4.89. The fourth-order valence-electron chi connectivity index (χ4n) is 0.729. The van der Waals surface area contributed by atoms with Gasteiger partial charge in [-0.1, -0.05) is 0 Å². The monoisotopic (exact) mass is 443 g/mol. The zero-order chi connectivity index (χ0) is 6.95. The summed E-state index contributed by atoms with van der Waals surface area (Å²) in [6, 6.07) is 0. The van der Waals surface area contributed by atoms with Crippen LogP contribution in [0.4, 0.5) is 0 Å². The van der Waals surface area contributed by atoms with Crippen LogP contribution in [0.1, 0.15) is 39.5 Å². The minimum atomic E-state index is 0. The van der Waals surface area contributed by atoms with E-state index in [0.717, 1.165) is 0 Å². The van der Waals surface area contributed by atoms with E-state index in [1.807, 2.05) is 0 Å². The predicted molar refractivity (Wildman–Crippen MR) is 50.9 cm³/mol. The maximum atomic E-state index is 2.29. The topological polar surface area (TPSA) is 0 Å². The number of hydrogen-bond donors (Lipinski definition) is 0. The summed E-state index contributed by atoms with van der Waals surface area (Å²) in [6.45, 7) is 4.58. The molecule has 0 saturated heterocycles. The van der Waals surface area contributed by atoms with Crippen molar-refractivity contribution < 1.29 is 0 Å². The second-order valence-corrected chi connectivity index (χ2v) is 6.74. The summed E-state index contributed by atoms with van der Waals surface area (Å²) < 4.78 is 3.25. The predicted octanol–water partition coefficient (Wildman–Crippen LogP) is 2.75. The molecule has 0 heterocycles. The molecule has 0 atom stereocenters. The van der Waals surface area contributed by atoms with Crippen LogP contribution >= 0.6 is 0 Å². The zero-order valence-electron chi connectivity index (χ0n) is 7.19. The van der Waals surface area contributed by atoms with Gasteiger partial charge in [-0.05, 0) is 0 Å². The zero-order valence-corrected chi connectivity index (χ0v) is 13.5. The average Bonchev–Trinajstić information content (AvgIpc) is 1.89. The molecule has 0 aliphatic carbocycles. The van der Waals surface area contributed by atoms with Gasteiger partial charge in [0.05, 0.1) is 0 Å². The third-order valence-corrected chi connectivity index (χ3v) is 5.45. The van der Waals surface area contributed by atoms with Gasteiger partial charge < -0.3 is 0 Å². The van der Waals surface area contributed by atoms with Crippen molar-refractivity contribution in [3.63, 3.8) is 0 Å². The quantitative estimate of drug-likeness (QED) is 0.439. The van der Waals surface area contributed by atoms with Gasteiger partial charge in [0.1, 0.15) is 0 Å². The molecular formula is C8H18BiSn. The van der Waals surface area contributed by atoms with Gasteiger partial charge >= 0.3 is 69.5 Å². The molecular weight excluding hydrogens is 424 g/mol. The molecule has 10 heavy (non-hydrogen) atoms. The first kappa shape index (κ1) is 14.2. The smallest absolute Gasteiger partial charge is 0 e. The summed E-state index contributed by atoms with van der Waals surface area (Å²) in [6.07, 6.45) is 5.84.